The number of rotatable bonds is 2. The number of aliphatic imine (C=N–C) groups is 1. The highest BCUT2D eigenvalue weighted by Crippen LogP contribution is 2.46. The van der Waals surface area contributed by atoms with Crippen molar-refractivity contribution in [3.63, 3.8) is 0 Å². The number of nitrogens with zero attached hydrogens (tertiary/aromatic N) is 2. The van der Waals surface area contributed by atoms with Crippen LogP contribution in [0.15, 0.2) is 41.5 Å². The Kier molecular flexibility index (Phi) is 4.57. The monoisotopic (exact) mass is 432 g/mol. The molecule has 158 valence electrons. The van der Waals surface area contributed by atoms with Gasteiger partial charge in [-0.1, -0.05) is 0 Å². The van der Waals surface area contributed by atoms with Crippen LogP contribution < -0.4 is 15.8 Å². The lowest BCUT2D eigenvalue weighted by molar-refractivity contribution is 0.102. The van der Waals surface area contributed by atoms with Gasteiger partial charge in [0, 0.05) is 17.7 Å². The number of anilines is 1. The minimum absolute atomic E-state index is 0.0457. The van der Waals surface area contributed by atoms with Crippen molar-refractivity contribution in [3.05, 3.63) is 53.6 Å². The van der Waals surface area contributed by atoms with E-state index in [1.54, 1.807) is 32.0 Å². The molecule has 4 rings (SSSR count). The standard InChI is InChI=1S/C20H21FN4O4S/c1-19(2)18(22)25-20(11-30(19,27)28)7-8-29-16-6-4-13(9-14(16)20)24-17(26)15-5-3-12(21)10-23-15/h3-6,9-10H,7-8,11H2,1-2H3,(H2,22,25)(H,24,26). The van der Waals surface area contributed by atoms with Gasteiger partial charge in [0.15, 0.2) is 9.84 Å². The number of ether oxygens (including phenoxy) is 1. The molecular formula is C20H21FN4O4S. The van der Waals surface area contributed by atoms with Crippen LogP contribution in [0.4, 0.5) is 10.1 Å². The van der Waals surface area contributed by atoms with E-state index in [1.165, 1.54) is 6.07 Å². The van der Waals surface area contributed by atoms with E-state index in [-0.39, 0.29) is 17.3 Å². The SMILES string of the molecule is CC1(C)C(N)=NC2(CCOc3ccc(NC(=O)c4ccc(F)cn4)cc32)CS1(=O)=O. The second-order valence-electron chi connectivity index (χ2n) is 7.92. The molecule has 2 aliphatic rings. The third-order valence-corrected chi connectivity index (χ3v) is 8.25. The van der Waals surface area contributed by atoms with Crippen molar-refractivity contribution in [3.8, 4) is 5.75 Å². The Labute approximate surface area is 173 Å². The van der Waals surface area contributed by atoms with Gasteiger partial charge in [-0.25, -0.2) is 17.8 Å². The molecule has 0 aliphatic carbocycles. The first kappa shape index (κ1) is 20.3. The molecule has 0 fully saturated rings. The van der Waals surface area contributed by atoms with Crippen molar-refractivity contribution < 1.29 is 22.3 Å². The molecule has 0 saturated heterocycles. The van der Waals surface area contributed by atoms with Gasteiger partial charge in [-0.05, 0) is 44.2 Å². The summed E-state index contributed by atoms with van der Waals surface area (Å²) in [4.78, 5) is 20.8. The van der Waals surface area contributed by atoms with Crippen molar-refractivity contribution in [2.24, 2.45) is 10.7 Å². The van der Waals surface area contributed by atoms with Gasteiger partial charge >= 0.3 is 0 Å². The van der Waals surface area contributed by atoms with Crippen molar-refractivity contribution in [2.45, 2.75) is 30.6 Å². The maximum Gasteiger partial charge on any atom is 0.274 e. The van der Waals surface area contributed by atoms with Gasteiger partial charge in [0.25, 0.3) is 5.91 Å². The molecule has 3 heterocycles. The number of sulfone groups is 1. The van der Waals surface area contributed by atoms with Gasteiger partial charge in [-0.15, -0.1) is 0 Å². The molecule has 1 aromatic heterocycles. The lowest BCUT2D eigenvalue weighted by Gasteiger charge is -2.42. The molecule has 1 aromatic carbocycles. The van der Waals surface area contributed by atoms with Gasteiger partial charge in [0.1, 0.15) is 33.4 Å². The molecule has 10 heteroatoms. The Morgan fingerprint density at radius 2 is 2.03 bits per heavy atom. The second-order valence-corrected chi connectivity index (χ2v) is 10.5. The van der Waals surface area contributed by atoms with Gasteiger partial charge in [0.05, 0.1) is 18.6 Å². The van der Waals surface area contributed by atoms with E-state index in [0.717, 1.165) is 12.3 Å². The summed E-state index contributed by atoms with van der Waals surface area (Å²) in [7, 11) is -3.59. The minimum Gasteiger partial charge on any atom is -0.493 e. The molecule has 8 nitrogen and oxygen atoms in total. The van der Waals surface area contributed by atoms with Crippen LogP contribution in [0.25, 0.3) is 0 Å². The Bertz CT molecular complexity index is 1160. The third kappa shape index (κ3) is 3.20. The topological polar surface area (TPSA) is 124 Å². The fraction of sp³-hybridized carbons (Fsp3) is 0.350. The molecule has 0 bridgehead atoms. The van der Waals surface area contributed by atoms with Crippen LogP contribution in [0, 0.1) is 5.82 Å². The van der Waals surface area contributed by atoms with Gasteiger partial charge in [0.2, 0.25) is 0 Å². The number of amides is 1. The lowest BCUT2D eigenvalue weighted by Crippen LogP contribution is -2.56. The number of benzene rings is 1. The number of nitrogens with one attached hydrogen (secondary N) is 1. The zero-order valence-corrected chi connectivity index (χ0v) is 17.3. The summed E-state index contributed by atoms with van der Waals surface area (Å²) in [5, 5.41) is 2.69. The molecule has 0 saturated carbocycles. The molecular weight excluding hydrogens is 411 g/mol. The first-order valence-corrected chi connectivity index (χ1v) is 11.0. The normalized spacial score (nSPS) is 23.8. The van der Waals surface area contributed by atoms with Crippen molar-refractivity contribution in [1.29, 1.82) is 0 Å². The predicted octanol–water partition coefficient (Wildman–Crippen LogP) is 2.01. The fourth-order valence-corrected chi connectivity index (χ4v) is 5.30. The van der Waals surface area contributed by atoms with Crippen LogP contribution in [-0.4, -0.2) is 42.3 Å². The maximum absolute atomic E-state index is 13.0. The van der Waals surface area contributed by atoms with E-state index in [1.807, 2.05) is 0 Å². The van der Waals surface area contributed by atoms with Crippen LogP contribution in [0.1, 0.15) is 36.3 Å². The number of hydrogen-bond acceptors (Lipinski definition) is 7. The quantitative estimate of drug-likeness (QED) is 0.748. The summed E-state index contributed by atoms with van der Waals surface area (Å²) in [6, 6.07) is 7.34. The highest BCUT2D eigenvalue weighted by molar-refractivity contribution is 7.93. The maximum atomic E-state index is 13.0. The summed E-state index contributed by atoms with van der Waals surface area (Å²) in [5.74, 6) is -0.740. The van der Waals surface area contributed by atoms with Gasteiger partial charge in [-0.2, -0.15) is 0 Å². The average Bonchev–Trinajstić information content (AvgIpc) is 2.67. The van der Waals surface area contributed by atoms with E-state index in [2.05, 4.69) is 15.3 Å². The number of halogens is 1. The summed E-state index contributed by atoms with van der Waals surface area (Å²) in [6.45, 7) is 3.38. The third-order valence-electron chi connectivity index (χ3n) is 5.63. The molecule has 30 heavy (non-hydrogen) atoms. The zero-order chi connectivity index (χ0) is 21.7. The smallest absolute Gasteiger partial charge is 0.274 e. The number of carbonyl (C=O) groups excluding carboxylic acids is 1. The molecule has 2 aromatic rings. The summed E-state index contributed by atoms with van der Waals surface area (Å²) in [5.41, 5.74) is 5.99. The van der Waals surface area contributed by atoms with E-state index >= 15 is 0 Å². The second kappa shape index (κ2) is 6.76. The van der Waals surface area contributed by atoms with Crippen molar-refractivity contribution in [2.75, 3.05) is 17.7 Å². The summed E-state index contributed by atoms with van der Waals surface area (Å²) >= 11 is 0. The van der Waals surface area contributed by atoms with Crippen LogP contribution in [0.3, 0.4) is 0 Å². The van der Waals surface area contributed by atoms with Crippen molar-refractivity contribution >= 4 is 27.3 Å². The van der Waals surface area contributed by atoms with Crippen LogP contribution in [-0.2, 0) is 15.4 Å². The highest BCUT2D eigenvalue weighted by atomic mass is 32.2. The first-order valence-electron chi connectivity index (χ1n) is 9.32. The molecule has 1 atom stereocenters. The number of amidine groups is 1. The number of pyridine rings is 1. The fourth-order valence-electron chi connectivity index (χ4n) is 3.58. The molecule has 2 aliphatic heterocycles. The highest BCUT2D eigenvalue weighted by Gasteiger charge is 2.52. The number of fused-ring (bicyclic) bond motifs is 2. The number of carbonyl (C=O) groups is 1. The molecule has 3 N–H and O–H groups in total. The minimum atomic E-state index is -3.59. The van der Waals surface area contributed by atoms with E-state index < -0.39 is 31.8 Å². The Hall–Kier alpha value is -3.01. The lowest BCUT2D eigenvalue weighted by atomic mass is 9.85. The predicted molar refractivity (Wildman–Crippen MR) is 110 cm³/mol. The van der Waals surface area contributed by atoms with Gasteiger partial charge in [-0.3, -0.25) is 9.79 Å². The summed E-state index contributed by atoms with van der Waals surface area (Å²) in [6.07, 6.45) is 1.30. The van der Waals surface area contributed by atoms with Crippen LogP contribution >= 0.6 is 0 Å². The Morgan fingerprint density at radius 1 is 1.27 bits per heavy atom. The average molecular weight is 432 g/mol. The Balaban J connectivity index is 1.73. The Morgan fingerprint density at radius 3 is 2.70 bits per heavy atom. The number of nitrogens with two attached hydrogens (primary N) is 1. The van der Waals surface area contributed by atoms with E-state index in [9.17, 15) is 17.6 Å². The molecule has 1 spiro atoms. The first-order chi connectivity index (χ1) is 14.0. The van der Waals surface area contributed by atoms with Crippen LogP contribution in [0.5, 0.6) is 5.75 Å². The zero-order valence-electron chi connectivity index (χ0n) is 16.5. The summed E-state index contributed by atoms with van der Waals surface area (Å²) < 4.78 is 43.4. The number of aromatic nitrogens is 1. The molecule has 1 unspecified atom stereocenters. The van der Waals surface area contributed by atoms with Crippen LogP contribution in [0.2, 0.25) is 0 Å². The van der Waals surface area contributed by atoms with Gasteiger partial charge < -0.3 is 15.8 Å². The van der Waals surface area contributed by atoms with E-state index in [0.29, 0.717) is 30.0 Å². The van der Waals surface area contributed by atoms with Crippen molar-refractivity contribution in [1.82, 2.24) is 4.98 Å². The number of hydrogen-bond donors (Lipinski definition) is 2. The largest absolute Gasteiger partial charge is 0.493 e. The van der Waals surface area contributed by atoms with E-state index in [4.69, 9.17) is 10.5 Å². The molecule has 1 amide bonds. The molecule has 0 radical (unpaired) electrons.